The van der Waals surface area contributed by atoms with Crippen LogP contribution in [0.4, 0.5) is 0 Å². The Kier molecular flexibility index (Phi) is 4.82. The highest BCUT2D eigenvalue weighted by molar-refractivity contribution is 8.03. The second kappa shape index (κ2) is 6.59. The summed E-state index contributed by atoms with van der Waals surface area (Å²) in [7, 11) is 0. The number of carboxylic acid groups (broad SMARTS) is 1. The van der Waals surface area contributed by atoms with Gasteiger partial charge in [-0.1, -0.05) is 36.4 Å². The minimum Gasteiger partial charge on any atom is -0.480 e. The quantitative estimate of drug-likeness (QED) is 0.917. The molecule has 1 fully saturated rings. The van der Waals surface area contributed by atoms with Crippen molar-refractivity contribution in [1.29, 1.82) is 0 Å². The molecule has 1 heterocycles. The van der Waals surface area contributed by atoms with Gasteiger partial charge in [0.15, 0.2) is 0 Å². The van der Waals surface area contributed by atoms with Crippen molar-refractivity contribution in [1.82, 2.24) is 4.90 Å². The molecule has 1 aromatic carbocycles. The second-order valence-corrected chi connectivity index (χ2v) is 5.64. The Morgan fingerprint density at radius 1 is 1.42 bits per heavy atom. The molecule has 0 saturated carbocycles. The first-order chi connectivity index (χ1) is 9.13. The van der Waals surface area contributed by atoms with Gasteiger partial charge in [-0.2, -0.15) is 0 Å². The van der Waals surface area contributed by atoms with Gasteiger partial charge < -0.3 is 5.11 Å². The van der Waals surface area contributed by atoms with Gasteiger partial charge in [-0.25, -0.2) is 0 Å². The van der Waals surface area contributed by atoms with Crippen molar-refractivity contribution in [2.45, 2.75) is 6.92 Å². The van der Waals surface area contributed by atoms with E-state index >= 15 is 0 Å². The van der Waals surface area contributed by atoms with Crippen molar-refractivity contribution >= 4 is 23.8 Å². The fourth-order valence-corrected chi connectivity index (χ4v) is 3.05. The van der Waals surface area contributed by atoms with E-state index in [4.69, 9.17) is 5.11 Å². The first-order valence-electron chi connectivity index (χ1n) is 6.14. The first kappa shape index (κ1) is 13.9. The minimum absolute atomic E-state index is 0.117. The summed E-state index contributed by atoms with van der Waals surface area (Å²) in [5, 5.41) is 8.76. The summed E-state index contributed by atoms with van der Waals surface area (Å²) in [6.45, 7) is 2.92. The van der Waals surface area contributed by atoms with Gasteiger partial charge in [-0.05, 0) is 24.1 Å². The molecular formula is C15H17NO2S. The van der Waals surface area contributed by atoms with Crippen LogP contribution < -0.4 is 0 Å². The Morgan fingerprint density at radius 2 is 2.16 bits per heavy atom. The lowest BCUT2D eigenvalue weighted by Gasteiger charge is -2.08. The Labute approximate surface area is 117 Å². The maximum Gasteiger partial charge on any atom is 0.317 e. The van der Waals surface area contributed by atoms with Gasteiger partial charge in [0.2, 0.25) is 0 Å². The van der Waals surface area contributed by atoms with Crippen LogP contribution in [0.2, 0.25) is 0 Å². The van der Waals surface area contributed by atoms with Gasteiger partial charge in [0, 0.05) is 17.3 Å². The van der Waals surface area contributed by atoms with E-state index in [1.165, 1.54) is 16.0 Å². The number of rotatable bonds is 4. The monoisotopic (exact) mass is 275 g/mol. The van der Waals surface area contributed by atoms with Crippen LogP contribution in [0.3, 0.4) is 0 Å². The van der Waals surface area contributed by atoms with Crippen molar-refractivity contribution in [2.75, 3.05) is 19.0 Å². The standard InChI is InChI=1S/C15H17NO2S/c1-12(7-13-5-3-2-4-6-13)8-14-9-16(11-19-14)10-15(17)18/h2-8H,9-11H2,1H3,(H,17,18). The van der Waals surface area contributed by atoms with Crippen LogP contribution in [0.5, 0.6) is 0 Å². The average Bonchev–Trinajstić information content (AvgIpc) is 2.76. The average molecular weight is 275 g/mol. The Balaban J connectivity index is 1.99. The number of aliphatic carboxylic acids is 1. The van der Waals surface area contributed by atoms with Gasteiger partial charge in [0.1, 0.15) is 0 Å². The molecule has 1 aliphatic heterocycles. The molecule has 3 nitrogen and oxygen atoms in total. The van der Waals surface area contributed by atoms with Gasteiger partial charge >= 0.3 is 5.97 Å². The summed E-state index contributed by atoms with van der Waals surface area (Å²) < 4.78 is 0. The molecule has 0 spiro atoms. The number of hydrogen-bond donors (Lipinski definition) is 1. The number of benzene rings is 1. The van der Waals surface area contributed by atoms with E-state index in [0.717, 1.165) is 12.4 Å². The lowest BCUT2D eigenvalue weighted by Crippen LogP contribution is -2.26. The topological polar surface area (TPSA) is 40.5 Å². The summed E-state index contributed by atoms with van der Waals surface area (Å²) in [6.07, 6.45) is 4.27. The number of thioether (sulfide) groups is 1. The fraction of sp³-hybridized carbons (Fsp3) is 0.267. The summed E-state index contributed by atoms with van der Waals surface area (Å²) >= 11 is 1.71. The highest BCUT2D eigenvalue weighted by atomic mass is 32.2. The highest BCUT2D eigenvalue weighted by Gasteiger charge is 2.18. The van der Waals surface area contributed by atoms with Crippen LogP contribution in [0.15, 0.2) is 46.9 Å². The Hall–Kier alpha value is -1.52. The summed E-state index contributed by atoms with van der Waals surface area (Å²) in [4.78, 5) is 13.8. The van der Waals surface area contributed by atoms with Crippen LogP contribution in [-0.2, 0) is 4.79 Å². The van der Waals surface area contributed by atoms with E-state index in [0.29, 0.717) is 0 Å². The smallest absolute Gasteiger partial charge is 0.317 e. The van der Waals surface area contributed by atoms with Gasteiger partial charge in [-0.15, -0.1) is 11.8 Å². The SMILES string of the molecule is CC(=Cc1ccccc1)C=C1CN(CC(=O)O)CS1. The molecule has 19 heavy (non-hydrogen) atoms. The first-order valence-corrected chi connectivity index (χ1v) is 7.13. The van der Waals surface area contributed by atoms with Crippen molar-refractivity contribution in [2.24, 2.45) is 0 Å². The Bertz CT molecular complexity index is 508. The summed E-state index contributed by atoms with van der Waals surface area (Å²) in [5.74, 6) is -0.00471. The zero-order valence-electron chi connectivity index (χ0n) is 10.9. The molecule has 1 aliphatic rings. The maximum atomic E-state index is 10.6. The number of carbonyl (C=O) groups is 1. The molecular weight excluding hydrogens is 258 g/mol. The molecule has 0 aromatic heterocycles. The number of carboxylic acids is 1. The molecule has 1 N–H and O–H groups in total. The molecule has 0 aliphatic carbocycles. The third kappa shape index (κ3) is 4.58. The van der Waals surface area contributed by atoms with Gasteiger partial charge in [0.05, 0.1) is 6.54 Å². The minimum atomic E-state index is -0.765. The van der Waals surface area contributed by atoms with Crippen LogP contribution in [-0.4, -0.2) is 34.9 Å². The molecule has 0 radical (unpaired) electrons. The normalized spacial score (nSPS) is 19.0. The predicted molar refractivity (Wildman–Crippen MR) is 79.8 cm³/mol. The lowest BCUT2D eigenvalue weighted by molar-refractivity contribution is -0.137. The lowest BCUT2D eigenvalue weighted by atomic mass is 10.1. The fourth-order valence-electron chi connectivity index (χ4n) is 1.97. The van der Waals surface area contributed by atoms with Gasteiger partial charge in [0.25, 0.3) is 0 Å². The zero-order chi connectivity index (χ0) is 13.7. The third-order valence-electron chi connectivity index (χ3n) is 2.75. The second-order valence-electron chi connectivity index (χ2n) is 4.56. The molecule has 1 aromatic rings. The van der Waals surface area contributed by atoms with Gasteiger partial charge in [-0.3, -0.25) is 9.69 Å². The molecule has 0 unspecified atom stereocenters. The zero-order valence-corrected chi connectivity index (χ0v) is 11.7. The number of allylic oxidation sites excluding steroid dienone is 2. The molecule has 2 rings (SSSR count). The molecule has 1 saturated heterocycles. The van der Waals surface area contributed by atoms with Crippen molar-refractivity contribution < 1.29 is 9.90 Å². The van der Waals surface area contributed by atoms with E-state index in [2.05, 4.69) is 31.2 Å². The predicted octanol–water partition coefficient (Wildman–Crippen LogP) is 3.06. The molecule has 4 heteroatoms. The molecule has 100 valence electrons. The van der Waals surface area contributed by atoms with Crippen LogP contribution >= 0.6 is 11.8 Å². The molecule has 0 bridgehead atoms. The van der Waals surface area contributed by atoms with Crippen LogP contribution in [0.25, 0.3) is 6.08 Å². The Morgan fingerprint density at radius 3 is 2.84 bits per heavy atom. The highest BCUT2D eigenvalue weighted by Crippen LogP contribution is 2.27. The summed E-state index contributed by atoms with van der Waals surface area (Å²) in [5.41, 5.74) is 2.37. The van der Waals surface area contributed by atoms with E-state index in [-0.39, 0.29) is 6.54 Å². The van der Waals surface area contributed by atoms with E-state index < -0.39 is 5.97 Å². The summed E-state index contributed by atoms with van der Waals surface area (Å²) in [6, 6.07) is 10.2. The molecule has 0 amide bonds. The maximum absolute atomic E-state index is 10.6. The molecule has 0 atom stereocenters. The van der Waals surface area contributed by atoms with Crippen molar-refractivity contribution in [3.63, 3.8) is 0 Å². The number of nitrogens with zero attached hydrogens (tertiary/aromatic N) is 1. The third-order valence-corrected chi connectivity index (χ3v) is 3.87. The largest absolute Gasteiger partial charge is 0.480 e. The van der Waals surface area contributed by atoms with E-state index in [1.807, 2.05) is 23.1 Å². The van der Waals surface area contributed by atoms with Crippen LogP contribution in [0, 0.1) is 0 Å². The van der Waals surface area contributed by atoms with Crippen LogP contribution in [0.1, 0.15) is 12.5 Å². The van der Waals surface area contributed by atoms with E-state index in [9.17, 15) is 4.79 Å². The van der Waals surface area contributed by atoms with Crippen molar-refractivity contribution in [3.8, 4) is 0 Å². The number of hydrogen-bond acceptors (Lipinski definition) is 3. The van der Waals surface area contributed by atoms with E-state index in [1.54, 1.807) is 11.8 Å². The van der Waals surface area contributed by atoms with Crippen molar-refractivity contribution in [3.05, 3.63) is 52.4 Å².